The molecule has 0 radical (unpaired) electrons. The highest BCUT2D eigenvalue weighted by Gasteiger charge is 2.19. The van der Waals surface area contributed by atoms with Crippen LogP contribution >= 0.6 is 0 Å². The van der Waals surface area contributed by atoms with Crippen LogP contribution in [-0.2, 0) is 0 Å². The maximum absolute atomic E-state index is 13.9. The third kappa shape index (κ3) is 1.79. The van der Waals surface area contributed by atoms with Gasteiger partial charge in [0.05, 0.1) is 17.5 Å². The zero-order valence-electron chi connectivity index (χ0n) is 10.3. The molecule has 0 aliphatic carbocycles. The van der Waals surface area contributed by atoms with Crippen LogP contribution in [0.3, 0.4) is 0 Å². The van der Waals surface area contributed by atoms with Gasteiger partial charge in [-0.1, -0.05) is 18.2 Å². The molecule has 3 aromatic rings. The Labute approximate surface area is 109 Å². The minimum Gasteiger partial charge on any atom is -0.469 e. The monoisotopic (exact) mass is 257 g/mol. The fraction of sp³-hybridized carbons (Fsp3) is 0.0714. The molecular formula is C14H12FN3O. The van der Waals surface area contributed by atoms with Crippen LogP contribution in [0.1, 0.15) is 5.76 Å². The summed E-state index contributed by atoms with van der Waals surface area (Å²) < 4.78 is 19.2. The Morgan fingerprint density at radius 2 is 2.00 bits per heavy atom. The molecule has 0 unspecified atom stereocenters. The van der Waals surface area contributed by atoms with E-state index in [0.717, 1.165) is 11.3 Å². The molecule has 0 fully saturated rings. The number of aryl methyl sites for hydroxylation is 1. The summed E-state index contributed by atoms with van der Waals surface area (Å²) in [6, 6.07) is 8.27. The van der Waals surface area contributed by atoms with Crippen molar-refractivity contribution in [1.29, 1.82) is 0 Å². The topological polar surface area (TPSA) is 67.8 Å². The van der Waals surface area contributed by atoms with E-state index in [1.165, 1.54) is 6.07 Å². The fourth-order valence-electron chi connectivity index (χ4n) is 2.13. The molecule has 0 aliphatic rings. The average molecular weight is 257 g/mol. The maximum atomic E-state index is 13.9. The lowest BCUT2D eigenvalue weighted by Gasteiger charge is -2.05. The Hall–Kier alpha value is -2.56. The van der Waals surface area contributed by atoms with Gasteiger partial charge in [-0.25, -0.2) is 4.39 Å². The van der Waals surface area contributed by atoms with Crippen LogP contribution in [0.5, 0.6) is 0 Å². The summed E-state index contributed by atoms with van der Waals surface area (Å²) in [5.74, 6) is 0.653. The number of hydrogen-bond acceptors (Lipinski definition) is 3. The van der Waals surface area contributed by atoms with Gasteiger partial charge in [0.15, 0.2) is 5.82 Å². The largest absolute Gasteiger partial charge is 0.469 e. The number of aromatic amines is 1. The molecule has 0 atom stereocenters. The summed E-state index contributed by atoms with van der Waals surface area (Å²) >= 11 is 0. The minimum atomic E-state index is -0.335. The maximum Gasteiger partial charge on any atom is 0.153 e. The Bertz CT molecular complexity index is 730. The van der Waals surface area contributed by atoms with E-state index < -0.39 is 0 Å². The summed E-state index contributed by atoms with van der Waals surface area (Å²) in [7, 11) is 0. The first-order valence-electron chi connectivity index (χ1n) is 5.81. The number of halogens is 1. The Kier molecular flexibility index (Phi) is 2.59. The van der Waals surface area contributed by atoms with Gasteiger partial charge in [0, 0.05) is 11.1 Å². The average Bonchev–Trinajstić information content (AvgIpc) is 2.96. The molecular weight excluding hydrogens is 245 g/mol. The third-order valence-electron chi connectivity index (χ3n) is 3.07. The van der Waals surface area contributed by atoms with Crippen molar-refractivity contribution in [2.75, 3.05) is 5.73 Å². The Morgan fingerprint density at radius 1 is 1.21 bits per heavy atom. The van der Waals surface area contributed by atoms with E-state index in [1.54, 1.807) is 30.5 Å². The number of rotatable bonds is 2. The Balaban J connectivity index is 2.26. The summed E-state index contributed by atoms with van der Waals surface area (Å²) in [6.07, 6.45) is 1.58. The van der Waals surface area contributed by atoms with Gasteiger partial charge in [0.2, 0.25) is 0 Å². The quantitative estimate of drug-likeness (QED) is 0.739. The van der Waals surface area contributed by atoms with Crippen molar-refractivity contribution in [3.05, 3.63) is 48.2 Å². The van der Waals surface area contributed by atoms with E-state index in [1.807, 2.05) is 6.92 Å². The number of nitrogens with zero attached hydrogens (tertiary/aromatic N) is 1. The van der Waals surface area contributed by atoms with E-state index in [9.17, 15) is 4.39 Å². The van der Waals surface area contributed by atoms with Crippen LogP contribution in [0.2, 0.25) is 0 Å². The second-order valence-electron chi connectivity index (χ2n) is 4.23. The lowest BCUT2D eigenvalue weighted by molar-refractivity contribution is 0.535. The number of nitrogen functional groups attached to an aromatic ring is 1. The highest BCUT2D eigenvalue weighted by molar-refractivity contribution is 5.88. The first-order chi connectivity index (χ1) is 9.18. The highest BCUT2D eigenvalue weighted by Crippen LogP contribution is 2.37. The number of benzene rings is 1. The van der Waals surface area contributed by atoms with E-state index in [0.29, 0.717) is 16.8 Å². The van der Waals surface area contributed by atoms with Crippen molar-refractivity contribution in [3.63, 3.8) is 0 Å². The van der Waals surface area contributed by atoms with Gasteiger partial charge in [-0.05, 0) is 19.1 Å². The summed E-state index contributed by atoms with van der Waals surface area (Å²) in [6.45, 7) is 1.83. The van der Waals surface area contributed by atoms with Gasteiger partial charge in [-0.3, -0.25) is 5.10 Å². The number of furan rings is 1. The third-order valence-corrected chi connectivity index (χ3v) is 3.07. The number of hydrogen-bond donors (Lipinski definition) is 2. The second kappa shape index (κ2) is 4.28. The number of anilines is 1. The predicted octanol–water partition coefficient (Wildman–Crippen LogP) is 3.37. The SMILES string of the molecule is Cc1occc1-c1[nH]nc(N)c1-c1ccccc1F. The molecule has 2 heterocycles. The van der Waals surface area contributed by atoms with Crippen molar-refractivity contribution in [3.8, 4) is 22.4 Å². The molecule has 0 amide bonds. The van der Waals surface area contributed by atoms with Crippen LogP contribution < -0.4 is 5.73 Å². The number of aromatic nitrogens is 2. The van der Waals surface area contributed by atoms with Crippen molar-refractivity contribution in [1.82, 2.24) is 10.2 Å². The van der Waals surface area contributed by atoms with Gasteiger partial charge in [0.1, 0.15) is 11.6 Å². The lowest BCUT2D eigenvalue weighted by Crippen LogP contribution is -1.91. The highest BCUT2D eigenvalue weighted by atomic mass is 19.1. The number of H-pyrrole nitrogens is 1. The van der Waals surface area contributed by atoms with Gasteiger partial charge < -0.3 is 10.2 Å². The molecule has 96 valence electrons. The molecule has 3 N–H and O–H groups in total. The summed E-state index contributed by atoms with van der Waals surface area (Å²) in [5.41, 5.74) is 8.32. The Morgan fingerprint density at radius 3 is 2.68 bits per heavy atom. The molecule has 19 heavy (non-hydrogen) atoms. The fourth-order valence-corrected chi connectivity index (χ4v) is 2.13. The molecule has 1 aromatic carbocycles. The first-order valence-corrected chi connectivity index (χ1v) is 5.81. The lowest BCUT2D eigenvalue weighted by atomic mass is 10.0. The molecule has 0 saturated carbocycles. The molecule has 2 aromatic heterocycles. The smallest absolute Gasteiger partial charge is 0.153 e. The van der Waals surface area contributed by atoms with E-state index in [4.69, 9.17) is 10.2 Å². The van der Waals surface area contributed by atoms with Gasteiger partial charge in [-0.2, -0.15) is 5.10 Å². The normalized spacial score (nSPS) is 10.8. The van der Waals surface area contributed by atoms with Crippen LogP contribution in [0.15, 0.2) is 41.0 Å². The number of nitrogens with one attached hydrogen (secondary N) is 1. The van der Waals surface area contributed by atoms with Gasteiger partial charge >= 0.3 is 0 Å². The minimum absolute atomic E-state index is 0.265. The van der Waals surface area contributed by atoms with Gasteiger partial charge in [-0.15, -0.1) is 0 Å². The molecule has 0 aliphatic heterocycles. The van der Waals surface area contributed by atoms with Gasteiger partial charge in [0.25, 0.3) is 0 Å². The van der Waals surface area contributed by atoms with Crippen LogP contribution in [0.4, 0.5) is 10.2 Å². The van der Waals surface area contributed by atoms with Crippen molar-refractivity contribution >= 4 is 5.82 Å². The molecule has 4 nitrogen and oxygen atoms in total. The molecule has 3 rings (SSSR count). The van der Waals surface area contributed by atoms with Crippen molar-refractivity contribution < 1.29 is 8.81 Å². The molecule has 0 bridgehead atoms. The van der Waals surface area contributed by atoms with Crippen molar-refractivity contribution in [2.24, 2.45) is 0 Å². The second-order valence-corrected chi connectivity index (χ2v) is 4.23. The summed E-state index contributed by atoms with van der Waals surface area (Å²) in [5, 5.41) is 6.82. The van der Waals surface area contributed by atoms with Crippen LogP contribution in [0.25, 0.3) is 22.4 Å². The molecule has 0 spiro atoms. The molecule has 5 heteroatoms. The summed E-state index contributed by atoms with van der Waals surface area (Å²) in [4.78, 5) is 0. The number of nitrogens with two attached hydrogens (primary N) is 1. The standard InChI is InChI=1S/C14H12FN3O/c1-8-9(6-7-19-8)13-12(14(16)18-17-13)10-4-2-3-5-11(10)15/h2-7H,1H3,(H3,16,17,18). The van der Waals surface area contributed by atoms with Crippen LogP contribution in [0, 0.1) is 12.7 Å². The van der Waals surface area contributed by atoms with Crippen molar-refractivity contribution in [2.45, 2.75) is 6.92 Å². The van der Waals surface area contributed by atoms with E-state index >= 15 is 0 Å². The zero-order chi connectivity index (χ0) is 13.4. The zero-order valence-corrected chi connectivity index (χ0v) is 10.3. The predicted molar refractivity (Wildman–Crippen MR) is 70.8 cm³/mol. The van der Waals surface area contributed by atoms with E-state index in [2.05, 4.69) is 10.2 Å². The van der Waals surface area contributed by atoms with Crippen LogP contribution in [-0.4, -0.2) is 10.2 Å². The molecule has 0 saturated heterocycles. The van der Waals surface area contributed by atoms with E-state index in [-0.39, 0.29) is 11.6 Å². The first kappa shape index (κ1) is 11.5.